The topological polar surface area (TPSA) is 54.1 Å². The van der Waals surface area contributed by atoms with Crippen molar-refractivity contribution in [2.45, 2.75) is 26.3 Å². The molecule has 0 fully saturated rings. The lowest BCUT2D eigenvalue weighted by Gasteiger charge is -2.09. The summed E-state index contributed by atoms with van der Waals surface area (Å²) in [6, 6.07) is 15.9. The first-order chi connectivity index (χ1) is 11.7. The summed E-state index contributed by atoms with van der Waals surface area (Å²) in [5, 5.41) is 4.18. The van der Waals surface area contributed by atoms with E-state index in [9.17, 15) is 4.79 Å². The molecule has 3 rings (SSSR count). The average molecular weight is 322 g/mol. The second kappa shape index (κ2) is 7.21. The van der Waals surface area contributed by atoms with E-state index in [2.05, 4.69) is 29.4 Å². The molecule has 0 atom stereocenters. The van der Waals surface area contributed by atoms with Crippen LogP contribution in [0.1, 0.15) is 23.2 Å². The minimum Gasteiger partial charge on any atom is -0.496 e. The number of aromatic nitrogens is 1. The first-order valence-electron chi connectivity index (χ1n) is 8.14. The van der Waals surface area contributed by atoms with Crippen LogP contribution in [-0.4, -0.2) is 18.0 Å². The number of carbonyl (C=O) groups is 1. The molecule has 1 aromatic heterocycles. The molecule has 3 aromatic rings. The van der Waals surface area contributed by atoms with Crippen LogP contribution in [0.2, 0.25) is 0 Å². The monoisotopic (exact) mass is 322 g/mol. The summed E-state index contributed by atoms with van der Waals surface area (Å²) < 4.78 is 5.30. The van der Waals surface area contributed by atoms with Crippen molar-refractivity contribution in [3.8, 4) is 5.75 Å². The van der Waals surface area contributed by atoms with Crippen molar-refractivity contribution in [3.05, 3.63) is 65.4 Å². The van der Waals surface area contributed by atoms with Crippen LogP contribution in [0.4, 0.5) is 0 Å². The van der Waals surface area contributed by atoms with Crippen LogP contribution in [0, 0.1) is 6.92 Å². The third-order valence-electron chi connectivity index (χ3n) is 4.30. The van der Waals surface area contributed by atoms with Crippen molar-refractivity contribution < 1.29 is 9.53 Å². The SMILES string of the molecule is COc1ccccc1CNC(=O)CCc1c(C)[nH]c2ccccc12. The maximum Gasteiger partial charge on any atom is 0.220 e. The summed E-state index contributed by atoms with van der Waals surface area (Å²) in [5.74, 6) is 0.843. The van der Waals surface area contributed by atoms with Crippen LogP contribution in [-0.2, 0) is 17.8 Å². The molecule has 2 N–H and O–H groups in total. The van der Waals surface area contributed by atoms with Crippen molar-refractivity contribution in [2.75, 3.05) is 7.11 Å². The molecular weight excluding hydrogens is 300 g/mol. The van der Waals surface area contributed by atoms with E-state index in [4.69, 9.17) is 4.74 Å². The predicted molar refractivity (Wildman–Crippen MR) is 96.2 cm³/mol. The zero-order chi connectivity index (χ0) is 16.9. The number of carbonyl (C=O) groups excluding carboxylic acids is 1. The van der Waals surface area contributed by atoms with E-state index in [1.807, 2.05) is 36.4 Å². The first kappa shape index (κ1) is 16.1. The maximum atomic E-state index is 12.2. The Labute approximate surface area is 141 Å². The molecule has 0 aliphatic carbocycles. The Bertz CT molecular complexity index is 852. The number of hydrogen-bond donors (Lipinski definition) is 2. The van der Waals surface area contributed by atoms with E-state index in [0.717, 1.165) is 28.9 Å². The molecule has 1 heterocycles. The number of nitrogens with one attached hydrogen (secondary N) is 2. The number of para-hydroxylation sites is 2. The summed E-state index contributed by atoms with van der Waals surface area (Å²) in [6.45, 7) is 2.54. The molecule has 4 heteroatoms. The smallest absolute Gasteiger partial charge is 0.220 e. The highest BCUT2D eigenvalue weighted by Crippen LogP contribution is 2.23. The van der Waals surface area contributed by atoms with E-state index in [0.29, 0.717) is 13.0 Å². The van der Waals surface area contributed by atoms with Crippen molar-refractivity contribution in [1.29, 1.82) is 0 Å². The average Bonchev–Trinajstić information content (AvgIpc) is 2.93. The molecule has 0 unspecified atom stereocenters. The zero-order valence-corrected chi connectivity index (χ0v) is 14.1. The first-order valence-corrected chi connectivity index (χ1v) is 8.14. The summed E-state index contributed by atoms with van der Waals surface area (Å²) in [6.07, 6.45) is 1.20. The minimum absolute atomic E-state index is 0.0468. The van der Waals surface area contributed by atoms with Gasteiger partial charge in [0, 0.05) is 35.1 Å². The standard InChI is InChI=1S/C20H22N2O2/c1-14-16(17-8-4-5-9-18(17)22-14)11-12-20(23)21-13-15-7-3-6-10-19(15)24-2/h3-10,22H,11-13H2,1-2H3,(H,21,23). The van der Waals surface area contributed by atoms with E-state index in [1.54, 1.807) is 7.11 Å². The van der Waals surface area contributed by atoms with Gasteiger partial charge in [-0.25, -0.2) is 0 Å². The maximum absolute atomic E-state index is 12.2. The number of hydrogen-bond acceptors (Lipinski definition) is 2. The van der Waals surface area contributed by atoms with Gasteiger partial charge in [-0.1, -0.05) is 36.4 Å². The molecule has 1 amide bonds. The number of H-pyrrole nitrogens is 1. The van der Waals surface area contributed by atoms with E-state index in [1.165, 1.54) is 10.9 Å². The summed E-state index contributed by atoms with van der Waals surface area (Å²) >= 11 is 0. The van der Waals surface area contributed by atoms with Gasteiger partial charge in [-0.3, -0.25) is 4.79 Å². The van der Waals surface area contributed by atoms with Gasteiger partial charge >= 0.3 is 0 Å². The fourth-order valence-electron chi connectivity index (χ4n) is 3.03. The highest BCUT2D eigenvalue weighted by atomic mass is 16.5. The second-order valence-electron chi connectivity index (χ2n) is 5.86. The second-order valence-corrected chi connectivity index (χ2v) is 5.86. The fourth-order valence-corrected chi connectivity index (χ4v) is 3.03. The van der Waals surface area contributed by atoms with Gasteiger partial charge in [-0.15, -0.1) is 0 Å². The molecule has 124 valence electrons. The van der Waals surface area contributed by atoms with Crippen molar-refractivity contribution in [2.24, 2.45) is 0 Å². The van der Waals surface area contributed by atoms with Crippen molar-refractivity contribution >= 4 is 16.8 Å². The van der Waals surface area contributed by atoms with E-state index >= 15 is 0 Å². The predicted octanol–water partition coefficient (Wildman–Crippen LogP) is 3.73. The Balaban J connectivity index is 1.60. The molecule has 2 aromatic carbocycles. The molecule has 0 saturated heterocycles. The quantitative estimate of drug-likeness (QED) is 0.726. The van der Waals surface area contributed by atoms with Gasteiger partial charge in [0.15, 0.2) is 0 Å². The number of ether oxygens (including phenoxy) is 1. The number of benzene rings is 2. The van der Waals surface area contributed by atoms with Crippen LogP contribution >= 0.6 is 0 Å². The molecule has 24 heavy (non-hydrogen) atoms. The van der Waals surface area contributed by atoms with Gasteiger partial charge in [0.2, 0.25) is 5.91 Å². The van der Waals surface area contributed by atoms with Crippen molar-refractivity contribution in [1.82, 2.24) is 10.3 Å². The van der Waals surface area contributed by atoms with E-state index in [-0.39, 0.29) is 5.91 Å². The Kier molecular flexibility index (Phi) is 4.85. The molecule has 0 bridgehead atoms. The number of rotatable bonds is 6. The molecule has 4 nitrogen and oxygen atoms in total. The molecule has 0 spiro atoms. The van der Waals surface area contributed by atoms with Crippen LogP contribution in [0.3, 0.4) is 0 Å². The van der Waals surface area contributed by atoms with Crippen LogP contribution in [0.5, 0.6) is 5.75 Å². The fraction of sp³-hybridized carbons (Fsp3) is 0.250. The van der Waals surface area contributed by atoms with Crippen LogP contribution in [0.25, 0.3) is 10.9 Å². The van der Waals surface area contributed by atoms with Gasteiger partial charge in [0.1, 0.15) is 5.75 Å². The van der Waals surface area contributed by atoms with Gasteiger partial charge < -0.3 is 15.0 Å². The molecule has 0 radical (unpaired) electrons. The Morgan fingerprint density at radius 3 is 2.71 bits per heavy atom. The lowest BCUT2D eigenvalue weighted by atomic mass is 10.1. The highest BCUT2D eigenvalue weighted by Gasteiger charge is 2.10. The molecule has 0 saturated carbocycles. The zero-order valence-electron chi connectivity index (χ0n) is 14.1. The molecule has 0 aliphatic rings. The van der Waals surface area contributed by atoms with E-state index < -0.39 is 0 Å². The molecule has 0 aliphatic heterocycles. The van der Waals surface area contributed by atoms with Crippen molar-refractivity contribution in [3.63, 3.8) is 0 Å². The third kappa shape index (κ3) is 3.43. The van der Waals surface area contributed by atoms with Crippen LogP contribution < -0.4 is 10.1 Å². The summed E-state index contributed by atoms with van der Waals surface area (Å²) in [5.41, 5.74) is 4.46. The minimum atomic E-state index is 0.0468. The largest absolute Gasteiger partial charge is 0.496 e. The number of methoxy groups -OCH3 is 1. The Morgan fingerprint density at radius 1 is 1.12 bits per heavy atom. The van der Waals surface area contributed by atoms with Gasteiger partial charge in [-0.2, -0.15) is 0 Å². The number of aromatic amines is 1. The number of amides is 1. The molecular formula is C20H22N2O2. The van der Waals surface area contributed by atoms with Gasteiger partial charge in [-0.05, 0) is 31.0 Å². The lowest BCUT2D eigenvalue weighted by Crippen LogP contribution is -2.23. The number of aryl methyl sites for hydroxylation is 2. The summed E-state index contributed by atoms with van der Waals surface area (Å²) in [7, 11) is 1.64. The normalized spacial score (nSPS) is 10.8. The third-order valence-corrected chi connectivity index (χ3v) is 4.30. The Morgan fingerprint density at radius 2 is 1.88 bits per heavy atom. The lowest BCUT2D eigenvalue weighted by molar-refractivity contribution is -0.121. The van der Waals surface area contributed by atoms with Gasteiger partial charge in [0.25, 0.3) is 0 Å². The number of fused-ring (bicyclic) bond motifs is 1. The van der Waals surface area contributed by atoms with Crippen LogP contribution in [0.15, 0.2) is 48.5 Å². The summed E-state index contributed by atoms with van der Waals surface area (Å²) in [4.78, 5) is 15.6. The van der Waals surface area contributed by atoms with Gasteiger partial charge in [0.05, 0.1) is 7.11 Å². The Hall–Kier alpha value is -2.75. The highest BCUT2D eigenvalue weighted by molar-refractivity contribution is 5.85.